The van der Waals surface area contributed by atoms with Crippen molar-refractivity contribution in [1.82, 2.24) is 20.2 Å². The fourth-order valence-corrected chi connectivity index (χ4v) is 5.95. The van der Waals surface area contributed by atoms with E-state index in [1.165, 1.54) is 0 Å². The SMILES string of the molecule is CNC(=O)C[C@@H](Nc1nc(N2CCC3(CN(C(=O)OC(C)(C)C)C3)C2)nc2c1CCCC2)c1cccc(C#N)c1. The number of hydrogen-bond acceptors (Lipinski definition) is 8. The predicted molar refractivity (Wildman–Crippen MR) is 152 cm³/mol. The van der Waals surface area contributed by atoms with Gasteiger partial charge in [0, 0.05) is 44.2 Å². The van der Waals surface area contributed by atoms with Gasteiger partial charge in [0.2, 0.25) is 11.9 Å². The molecule has 2 N–H and O–H groups in total. The zero-order chi connectivity index (χ0) is 28.5. The number of nitrogens with one attached hydrogen (secondary N) is 2. The molecule has 2 saturated heterocycles. The molecule has 3 heterocycles. The van der Waals surface area contributed by atoms with Crippen molar-refractivity contribution >= 4 is 23.8 Å². The van der Waals surface area contributed by atoms with Gasteiger partial charge < -0.3 is 25.2 Å². The van der Waals surface area contributed by atoms with Gasteiger partial charge in [0.25, 0.3) is 0 Å². The monoisotopic (exact) mass is 545 g/mol. The lowest BCUT2D eigenvalue weighted by molar-refractivity contribution is -0.120. The van der Waals surface area contributed by atoms with Gasteiger partial charge in [-0.05, 0) is 70.6 Å². The minimum Gasteiger partial charge on any atom is -0.444 e. The molecule has 1 atom stereocenters. The molecule has 10 heteroatoms. The third kappa shape index (κ3) is 5.98. The number of likely N-dealkylation sites (tertiary alicyclic amines) is 1. The van der Waals surface area contributed by atoms with Crippen LogP contribution >= 0.6 is 0 Å². The lowest BCUT2D eigenvalue weighted by Crippen LogP contribution is -2.60. The summed E-state index contributed by atoms with van der Waals surface area (Å²) in [5, 5.41) is 15.7. The summed E-state index contributed by atoms with van der Waals surface area (Å²) in [4.78, 5) is 39.0. The van der Waals surface area contributed by atoms with Crippen LogP contribution in [0.2, 0.25) is 0 Å². The number of rotatable bonds is 6. The fourth-order valence-electron chi connectivity index (χ4n) is 5.95. The van der Waals surface area contributed by atoms with Crippen LogP contribution in [0.3, 0.4) is 0 Å². The lowest BCUT2D eigenvalue weighted by Gasteiger charge is -2.47. The minimum absolute atomic E-state index is 0.0310. The second-order valence-electron chi connectivity index (χ2n) is 12.3. The largest absolute Gasteiger partial charge is 0.444 e. The molecule has 0 unspecified atom stereocenters. The quantitative estimate of drug-likeness (QED) is 0.559. The molecule has 10 nitrogen and oxygen atoms in total. The maximum Gasteiger partial charge on any atom is 0.410 e. The molecular weight excluding hydrogens is 506 g/mol. The first-order valence-electron chi connectivity index (χ1n) is 14.2. The van der Waals surface area contributed by atoms with E-state index in [0.29, 0.717) is 24.6 Å². The Morgan fingerprint density at radius 3 is 2.67 bits per heavy atom. The summed E-state index contributed by atoms with van der Waals surface area (Å²) in [6.45, 7) is 8.63. The topological polar surface area (TPSA) is 123 Å². The van der Waals surface area contributed by atoms with Gasteiger partial charge in [-0.25, -0.2) is 9.78 Å². The third-order valence-electron chi connectivity index (χ3n) is 7.99. The summed E-state index contributed by atoms with van der Waals surface area (Å²) >= 11 is 0. The average Bonchev–Trinajstić information content (AvgIpc) is 3.37. The van der Waals surface area contributed by atoms with Crippen molar-refractivity contribution in [3.63, 3.8) is 0 Å². The number of carbonyl (C=O) groups is 2. The fraction of sp³-hybridized carbons (Fsp3) is 0.567. The number of amides is 2. The number of nitrogens with zero attached hydrogens (tertiary/aromatic N) is 5. The first-order valence-corrected chi connectivity index (χ1v) is 14.2. The number of anilines is 2. The third-order valence-corrected chi connectivity index (χ3v) is 7.99. The van der Waals surface area contributed by atoms with Crippen LogP contribution in [0.15, 0.2) is 24.3 Å². The van der Waals surface area contributed by atoms with Gasteiger partial charge in [-0.15, -0.1) is 0 Å². The Bertz CT molecular complexity index is 1320. The minimum atomic E-state index is -0.506. The van der Waals surface area contributed by atoms with E-state index >= 15 is 0 Å². The normalized spacial score (nSPS) is 18.4. The molecule has 212 valence electrons. The van der Waals surface area contributed by atoms with E-state index in [0.717, 1.165) is 67.8 Å². The summed E-state index contributed by atoms with van der Waals surface area (Å²) in [5.74, 6) is 1.37. The van der Waals surface area contributed by atoms with Gasteiger partial charge >= 0.3 is 6.09 Å². The van der Waals surface area contributed by atoms with Crippen LogP contribution < -0.4 is 15.5 Å². The van der Waals surface area contributed by atoms with Crippen LogP contribution in [0.25, 0.3) is 0 Å². The molecule has 40 heavy (non-hydrogen) atoms. The van der Waals surface area contributed by atoms with E-state index in [1.807, 2.05) is 39.0 Å². The van der Waals surface area contributed by atoms with E-state index in [9.17, 15) is 14.9 Å². The Kier molecular flexibility index (Phi) is 7.58. The number of hydrogen-bond donors (Lipinski definition) is 2. The molecular formula is C30H39N7O3. The average molecular weight is 546 g/mol. The van der Waals surface area contributed by atoms with Crippen molar-refractivity contribution in [3.05, 3.63) is 46.6 Å². The molecule has 0 radical (unpaired) electrons. The van der Waals surface area contributed by atoms with Gasteiger partial charge in [0.05, 0.1) is 29.8 Å². The van der Waals surface area contributed by atoms with Gasteiger partial charge in [-0.1, -0.05) is 12.1 Å². The van der Waals surface area contributed by atoms with Gasteiger partial charge in [-0.2, -0.15) is 10.2 Å². The Morgan fingerprint density at radius 1 is 1.18 bits per heavy atom. The highest BCUT2D eigenvalue weighted by Crippen LogP contribution is 2.42. The Morgan fingerprint density at radius 2 is 1.95 bits per heavy atom. The number of fused-ring (bicyclic) bond motifs is 1. The summed E-state index contributed by atoms with van der Waals surface area (Å²) in [7, 11) is 1.63. The van der Waals surface area contributed by atoms with Crippen molar-refractivity contribution in [2.45, 2.75) is 70.9 Å². The number of ether oxygens (including phenoxy) is 1. The van der Waals surface area contributed by atoms with E-state index in [4.69, 9.17) is 14.7 Å². The molecule has 0 saturated carbocycles. The Balaban J connectivity index is 1.38. The van der Waals surface area contributed by atoms with Crippen LogP contribution in [-0.4, -0.2) is 65.7 Å². The zero-order valence-corrected chi connectivity index (χ0v) is 23.9. The first-order chi connectivity index (χ1) is 19.1. The van der Waals surface area contributed by atoms with Crippen LogP contribution in [0.1, 0.15) is 74.9 Å². The van der Waals surface area contributed by atoms with Crippen molar-refractivity contribution in [1.29, 1.82) is 5.26 Å². The van der Waals surface area contributed by atoms with Gasteiger partial charge in [0.1, 0.15) is 11.4 Å². The number of benzene rings is 1. The van der Waals surface area contributed by atoms with Crippen LogP contribution in [-0.2, 0) is 22.4 Å². The highest BCUT2D eigenvalue weighted by atomic mass is 16.6. The van der Waals surface area contributed by atoms with E-state index < -0.39 is 5.60 Å². The summed E-state index contributed by atoms with van der Waals surface area (Å²) in [6.07, 6.45) is 4.87. The second kappa shape index (κ2) is 11.0. The summed E-state index contributed by atoms with van der Waals surface area (Å²) in [5.41, 5.74) is 3.12. The summed E-state index contributed by atoms with van der Waals surface area (Å²) in [6, 6.07) is 9.22. The molecule has 2 aliphatic heterocycles. The maximum atomic E-state index is 12.5. The van der Waals surface area contributed by atoms with Crippen molar-refractivity contribution in [3.8, 4) is 6.07 Å². The molecule has 1 aliphatic carbocycles. The highest BCUT2D eigenvalue weighted by Gasteiger charge is 2.51. The first kappa shape index (κ1) is 27.7. The van der Waals surface area contributed by atoms with E-state index in [-0.39, 0.29) is 29.9 Å². The lowest BCUT2D eigenvalue weighted by atomic mass is 9.79. The second-order valence-corrected chi connectivity index (χ2v) is 12.3. The van der Waals surface area contributed by atoms with Crippen molar-refractivity contribution in [2.75, 3.05) is 43.4 Å². The molecule has 2 fully saturated rings. The van der Waals surface area contributed by atoms with E-state index in [1.54, 1.807) is 18.0 Å². The number of aromatic nitrogens is 2. The molecule has 1 aromatic carbocycles. The number of aryl methyl sites for hydroxylation is 1. The maximum absolute atomic E-state index is 12.5. The van der Waals surface area contributed by atoms with Gasteiger partial charge in [0.15, 0.2) is 0 Å². The van der Waals surface area contributed by atoms with E-state index in [2.05, 4.69) is 21.6 Å². The van der Waals surface area contributed by atoms with Crippen molar-refractivity contribution in [2.24, 2.45) is 5.41 Å². The summed E-state index contributed by atoms with van der Waals surface area (Å²) < 4.78 is 5.55. The van der Waals surface area contributed by atoms with Crippen LogP contribution in [0.4, 0.5) is 16.6 Å². The molecule has 0 bridgehead atoms. The Labute approximate surface area is 236 Å². The highest BCUT2D eigenvalue weighted by molar-refractivity contribution is 5.77. The van der Waals surface area contributed by atoms with Crippen LogP contribution in [0.5, 0.6) is 0 Å². The zero-order valence-electron chi connectivity index (χ0n) is 23.9. The molecule has 1 spiro atoms. The molecule has 2 aromatic rings. The standard InChI is InChI=1S/C30H39N7O3/c1-29(2,3)40-28(39)37-18-30(19-37)12-13-36(17-30)27-34-23-11-6-5-10-22(23)26(35-27)33-24(15-25(38)32-4)21-9-7-8-20(14-21)16-31/h7-9,14,24H,5-6,10-13,15,17-19H2,1-4H3,(H,32,38)(H,33,34,35)/t24-/m1/s1. The number of carbonyl (C=O) groups excluding carboxylic acids is 2. The predicted octanol–water partition coefficient (Wildman–Crippen LogP) is 3.96. The molecule has 3 aliphatic rings. The van der Waals surface area contributed by atoms with Crippen molar-refractivity contribution < 1.29 is 14.3 Å². The molecule has 1 aromatic heterocycles. The van der Waals surface area contributed by atoms with Gasteiger partial charge in [-0.3, -0.25) is 4.79 Å². The smallest absolute Gasteiger partial charge is 0.410 e. The Hall–Kier alpha value is -3.87. The number of nitriles is 1. The molecule has 5 rings (SSSR count). The molecule has 2 amide bonds. The van der Waals surface area contributed by atoms with Crippen LogP contribution in [0, 0.1) is 16.7 Å².